The Kier molecular flexibility index (Phi) is 6.41. The zero-order chi connectivity index (χ0) is 37.9. The van der Waals surface area contributed by atoms with Gasteiger partial charge >= 0.3 is 0 Å². The van der Waals surface area contributed by atoms with Crippen LogP contribution in [0.15, 0.2) is 201 Å². The van der Waals surface area contributed by atoms with Crippen molar-refractivity contribution in [2.45, 2.75) is 0 Å². The first-order valence-corrected chi connectivity index (χ1v) is 19.7. The van der Waals surface area contributed by atoms with E-state index < -0.39 is 0 Å². The first kappa shape index (κ1) is 31.4. The van der Waals surface area contributed by atoms with Crippen molar-refractivity contribution >= 4 is 87.6 Å². The van der Waals surface area contributed by atoms with Crippen LogP contribution < -0.4 is 0 Å². The van der Waals surface area contributed by atoms with Gasteiger partial charge in [-0.25, -0.2) is 0 Å². The highest BCUT2D eigenvalue weighted by atomic mass is 16.3. The molecule has 270 valence electrons. The SMILES string of the molecule is c1ccc2c(c1)oc1c(-c3ccc(-n4c5ccc(-c6cccc7c6oc6ccccc67)cc5c5c(-c6cccc7oc8ccccc8c67)cccc54)cc3)cccc12. The number of benzene rings is 9. The van der Waals surface area contributed by atoms with Crippen molar-refractivity contribution in [3.8, 4) is 39.1 Å². The summed E-state index contributed by atoms with van der Waals surface area (Å²) in [7, 11) is 0. The van der Waals surface area contributed by atoms with Crippen LogP contribution >= 0.6 is 0 Å². The Hall–Kier alpha value is -7.82. The van der Waals surface area contributed by atoms with E-state index >= 15 is 0 Å². The molecule has 0 aliphatic carbocycles. The van der Waals surface area contributed by atoms with E-state index in [1.54, 1.807) is 0 Å². The molecule has 0 spiro atoms. The van der Waals surface area contributed by atoms with Gasteiger partial charge in [0.1, 0.15) is 33.5 Å². The Labute approximate surface area is 331 Å². The van der Waals surface area contributed by atoms with Crippen LogP contribution in [0.5, 0.6) is 0 Å². The van der Waals surface area contributed by atoms with Gasteiger partial charge in [0.05, 0.1) is 11.0 Å². The van der Waals surface area contributed by atoms with Crippen LogP contribution in [0.3, 0.4) is 0 Å². The largest absolute Gasteiger partial charge is 0.456 e. The average molecular weight is 742 g/mol. The van der Waals surface area contributed by atoms with Gasteiger partial charge in [0.25, 0.3) is 0 Å². The number of nitrogens with zero attached hydrogens (tertiary/aromatic N) is 1. The summed E-state index contributed by atoms with van der Waals surface area (Å²) in [6.45, 7) is 0. The van der Waals surface area contributed by atoms with Gasteiger partial charge in [-0.3, -0.25) is 0 Å². The van der Waals surface area contributed by atoms with E-state index in [9.17, 15) is 0 Å². The maximum Gasteiger partial charge on any atom is 0.143 e. The summed E-state index contributed by atoms with van der Waals surface area (Å²) in [6.07, 6.45) is 0. The molecule has 9 aromatic carbocycles. The topological polar surface area (TPSA) is 44.4 Å². The van der Waals surface area contributed by atoms with Crippen molar-refractivity contribution in [2.75, 3.05) is 0 Å². The first-order chi connectivity index (χ1) is 28.8. The van der Waals surface area contributed by atoms with E-state index in [-0.39, 0.29) is 0 Å². The fraction of sp³-hybridized carbons (Fsp3) is 0. The molecule has 4 aromatic heterocycles. The van der Waals surface area contributed by atoms with Crippen molar-refractivity contribution in [3.63, 3.8) is 0 Å². The normalized spacial score (nSPS) is 12.1. The van der Waals surface area contributed by atoms with E-state index in [1.165, 1.54) is 5.39 Å². The molecule has 0 bridgehead atoms. The summed E-state index contributed by atoms with van der Waals surface area (Å²) in [4.78, 5) is 0. The molecule has 4 heteroatoms. The summed E-state index contributed by atoms with van der Waals surface area (Å²) >= 11 is 0. The minimum atomic E-state index is 0.881. The lowest BCUT2D eigenvalue weighted by molar-refractivity contribution is 0.669. The predicted octanol–water partition coefficient (Wildman–Crippen LogP) is 15.5. The van der Waals surface area contributed by atoms with Crippen LogP contribution in [-0.2, 0) is 0 Å². The third kappa shape index (κ3) is 4.40. The molecule has 4 heterocycles. The summed E-state index contributed by atoms with van der Waals surface area (Å²) in [6, 6.07) is 66.6. The minimum Gasteiger partial charge on any atom is -0.456 e. The Balaban J connectivity index is 1.06. The monoisotopic (exact) mass is 741 g/mol. The highest BCUT2D eigenvalue weighted by molar-refractivity contribution is 6.22. The minimum absolute atomic E-state index is 0.881. The maximum absolute atomic E-state index is 6.55. The molecule has 4 nitrogen and oxygen atoms in total. The zero-order valence-corrected chi connectivity index (χ0v) is 31.1. The van der Waals surface area contributed by atoms with E-state index in [1.807, 2.05) is 30.3 Å². The Morgan fingerprint density at radius 3 is 1.48 bits per heavy atom. The number of furan rings is 3. The van der Waals surface area contributed by atoms with Gasteiger partial charge in [-0.15, -0.1) is 0 Å². The van der Waals surface area contributed by atoms with Crippen molar-refractivity contribution in [1.29, 1.82) is 0 Å². The van der Waals surface area contributed by atoms with Gasteiger partial charge in [-0.2, -0.15) is 0 Å². The Morgan fingerprint density at radius 2 is 0.793 bits per heavy atom. The lowest BCUT2D eigenvalue weighted by Gasteiger charge is -2.11. The van der Waals surface area contributed by atoms with Gasteiger partial charge in [0.2, 0.25) is 0 Å². The van der Waals surface area contributed by atoms with Crippen molar-refractivity contribution in [3.05, 3.63) is 188 Å². The second kappa shape index (κ2) is 11.8. The van der Waals surface area contributed by atoms with Crippen molar-refractivity contribution in [1.82, 2.24) is 4.57 Å². The second-order valence-electron chi connectivity index (χ2n) is 15.2. The van der Waals surface area contributed by atoms with Crippen LogP contribution in [0.4, 0.5) is 0 Å². The number of hydrogen-bond acceptors (Lipinski definition) is 3. The van der Waals surface area contributed by atoms with Crippen LogP contribution in [0, 0.1) is 0 Å². The zero-order valence-electron chi connectivity index (χ0n) is 31.1. The van der Waals surface area contributed by atoms with E-state index in [0.29, 0.717) is 0 Å². The Bertz CT molecular complexity index is 3800. The van der Waals surface area contributed by atoms with Crippen LogP contribution in [0.1, 0.15) is 0 Å². The summed E-state index contributed by atoms with van der Waals surface area (Å²) in [5.74, 6) is 0. The molecule has 0 saturated carbocycles. The van der Waals surface area contributed by atoms with E-state index in [4.69, 9.17) is 13.3 Å². The molecule has 0 aliphatic heterocycles. The average Bonchev–Trinajstić information content (AvgIpc) is 4.05. The van der Waals surface area contributed by atoms with Crippen molar-refractivity contribution < 1.29 is 13.3 Å². The van der Waals surface area contributed by atoms with Crippen LogP contribution in [-0.4, -0.2) is 4.57 Å². The lowest BCUT2D eigenvalue weighted by atomic mass is 9.94. The molecule has 58 heavy (non-hydrogen) atoms. The molecular formula is C54H31NO3. The number of hydrogen-bond donors (Lipinski definition) is 0. The van der Waals surface area contributed by atoms with E-state index in [2.05, 4.69) is 162 Å². The van der Waals surface area contributed by atoms with E-state index in [0.717, 1.165) is 121 Å². The Morgan fingerprint density at radius 1 is 0.293 bits per heavy atom. The van der Waals surface area contributed by atoms with Crippen molar-refractivity contribution in [2.24, 2.45) is 0 Å². The van der Waals surface area contributed by atoms with Gasteiger partial charge in [-0.1, -0.05) is 133 Å². The molecule has 0 atom stereocenters. The maximum atomic E-state index is 6.55. The quantitative estimate of drug-likeness (QED) is 0.180. The molecule has 0 fully saturated rings. The highest BCUT2D eigenvalue weighted by Crippen LogP contribution is 2.45. The van der Waals surface area contributed by atoms with Gasteiger partial charge < -0.3 is 17.8 Å². The van der Waals surface area contributed by atoms with Gasteiger partial charge in [0.15, 0.2) is 0 Å². The molecule has 0 radical (unpaired) electrons. The molecular weight excluding hydrogens is 711 g/mol. The third-order valence-corrected chi connectivity index (χ3v) is 12.0. The molecule has 0 saturated heterocycles. The fourth-order valence-electron chi connectivity index (χ4n) is 9.48. The van der Waals surface area contributed by atoms with Crippen LogP contribution in [0.25, 0.3) is 127 Å². The number of aromatic nitrogens is 1. The molecule has 0 aliphatic rings. The third-order valence-electron chi connectivity index (χ3n) is 12.0. The second-order valence-corrected chi connectivity index (χ2v) is 15.2. The summed E-state index contributed by atoms with van der Waals surface area (Å²) in [5.41, 5.74) is 15.4. The summed E-state index contributed by atoms with van der Waals surface area (Å²) in [5, 5.41) is 9.09. The molecule has 13 rings (SSSR count). The smallest absolute Gasteiger partial charge is 0.143 e. The predicted molar refractivity (Wildman–Crippen MR) is 239 cm³/mol. The fourth-order valence-corrected chi connectivity index (χ4v) is 9.48. The standard InChI is InChI=1S/C54H31NO3/c1-4-21-47-37(11-1)41-18-7-14-35(53(41)57-47)32-25-28-34(29-26-32)55-45-30-27-33(36-15-8-19-42-38-12-2-5-22-48(38)58-54(36)42)31-44(45)51-39(16-9-20-46(51)55)40-17-10-24-50-52(40)43-13-3-6-23-49(43)56-50/h1-31H. The molecule has 0 amide bonds. The van der Waals surface area contributed by atoms with Gasteiger partial charge in [-0.05, 0) is 76.9 Å². The molecule has 0 N–H and O–H groups in total. The summed E-state index contributed by atoms with van der Waals surface area (Å²) < 4.78 is 21.8. The number of fused-ring (bicyclic) bond motifs is 12. The number of para-hydroxylation sites is 5. The van der Waals surface area contributed by atoms with Crippen LogP contribution in [0.2, 0.25) is 0 Å². The molecule has 13 aromatic rings. The molecule has 0 unspecified atom stereocenters. The number of rotatable bonds is 4. The first-order valence-electron chi connectivity index (χ1n) is 19.7. The highest BCUT2D eigenvalue weighted by Gasteiger charge is 2.21. The van der Waals surface area contributed by atoms with Gasteiger partial charge in [0, 0.05) is 59.9 Å². The lowest BCUT2D eigenvalue weighted by Crippen LogP contribution is -1.94.